The maximum Gasteiger partial charge on any atom is 0.340 e. The van der Waals surface area contributed by atoms with Gasteiger partial charge in [-0.2, -0.15) is 0 Å². The van der Waals surface area contributed by atoms with Gasteiger partial charge in [-0.1, -0.05) is 36.4 Å². The number of carbonyl (C=O) groups excluding carboxylic acids is 4. The molecule has 4 atom stereocenters. The Labute approximate surface area is 194 Å². The van der Waals surface area contributed by atoms with Crippen LogP contribution in [0.2, 0.25) is 0 Å². The third-order valence-electron chi connectivity index (χ3n) is 6.90. The molecule has 2 bridgehead atoms. The van der Waals surface area contributed by atoms with Crippen molar-refractivity contribution in [2.45, 2.75) is 13.3 Å². The van der Waals surface area contributed by atoms with Gasteiger partial charge in [0.25, 0.3) is 5.69 Å². The van der Waals surface area contributed by atoms with Crippen LogP contribution in [0.1, 0.15) is 32.7 Å². The number of benzene rings is 2. The third-order valence-corrected chi connectivity index (χ3v) is 6.90. The highest BCUT2D eigenvalue weighted by atomic mass is 16.6. The lowest BCUT2D eigenvalue weighted by molar-refractivity contribution is -0.385. The SMILES string of the molecule is Cc1ccc(C(=O)COC(=O)c2ccccc2N2C(=O)[C@@H]3[C@H](C2=O)[C@H]2C=C[C@@H]3C2)cc1[N+](=O)[O-]. The Morgan fingerprint density at radius 1 is 1.06 bits per heavy atom. The van der Waals surface area contributed by atoms with Crippen molar-refractivity contribution in [2.75, 3.05) is 11.5 Å². The predicted molar refractivity (Wildman–Crippen MR) is 119 cm³/mol. The number of ketones is 1. The minimum absolute atomic E-state index is 0.00725. The first-order chi connectivity index (χ1) is 16.3. The number of anilines is 1. The molecule has 172 valence electrons. The number of nitro groups is 1. The first kappa shape index (κ1) is 21.7. The van der Waals surface area contributed by atoms with Gasteiger partial charge in [0, 0.05) is 17.2 Å². The summed E-state index contributed by atoms with van der Waals surface area (Å²) in [6.45, 7) is 0.911. The number of nitrogens with zero attached hydrogens (tertiary/aromatic N) is 2. The monoisotopic (exact) mass is 460 g/mol. The highest BCUT2D eigenvalue weighted by Gasteiger charge is 2.59. The Bertz CT molecular complexity index is 1270. The lowest BCUT2D eigenvalue weighted by atomic mass is 9.85. The fraction of sp³-hybridized carbons (Fsp3) is 0.280. The molecule has 34 heavy (non-hydrogen) atoms. The van der Waals surface area contributed by atoms with Gasteiger partial charge in [-0.25, -0.2) is 9.69 Å². The summed E-state index contributed by atoms with van der Waals surface area (Å²) >= 11 is 0. The number of imide groups is 1. The van der Waals surface area contributed by atoms with E-state index in [1.165, 1.54) is 24.3 Å². The van der Waals surface area contributed by atoms with Crippen molar-refractivity contribution in [3.8, 4) is 0 Å². The summed E-state index contributed by atoms with van der Waals surface area (Å²) in [5.74, 6) is -2.89. The minimum atomic E-state index is -0.871. The van der Waals surface area contributed by atoms with Gasteiger partial charge in [-0.3, -0.25) is 24.5 Å². The molecule has 3 aliphatic rings. The van der Waals surface area contributed by atoms with E-state index in [4.69, 9.17) is 4.74 Å². The molecule has 0 unspecified atom stereocenters. The second-order valence-electron chi connectivity index (χ2n) is 8.79. The number of para-hydroxylation sites is 1. The van der Waals surface area contributed by atoms with Crippen molar-refractivity contribution in [1.82, 2.24) is 0 Å². The van der Waals surface area contributed by atoms with Gasteiger partial charge in [0.05, 0.1) is 28.0 Å². The van der Waals surface area contributed by atoms with E-state index in [0.29, 0.717) is 5.56 Å². The smallest absolute Gasteiger partial charge is 0.340 e. The quantitative estimate of drug-likeness (QED) is 0.162. The van der Waals surface area contributed by atoms with Gasteiger partial charge < -0.3 is 4.74 Å². The lowest BCUT2D eigenvalue weighted by Crippen LogP contribution is -2.34. The topological polar surface area (TPSA) is 124 Å². The van der Waals surface area contributed by atoms with Gasteiger partial charge in [0.15, 0.2) is 6.61 Å². The molecular weight excluding hydrogens is 440 g/mol. The van der Waals surface area contributed by atoms with E-state index in [2.05, 4.69) is 0 Å². The van der Waals surface area contributed by atoms with Crippen LogP contribution >= 0.6 is 0 Å². The standard InChI is InChI=1S/C25H20N2O7/c1-13-6-7-14(11-19(13)27(32)33)20(28)12-34-25(31)17-4-2-3-5-18(17)26-23(29)21-15-8-9-16(10-15)22(21)24(26)30/h2-9,11,15-16,21-22H,10,12H2,1H3/t15-,16+,21+,22-. The number of Topliss-reactive ketones (excluding diaryl/α,β-unsaturated/α-hetero) is 1. The van der Waals surface area contributed by atoms with Crippen LogP contribution in [0.4, 0.5) is 11.4 Å². The number of fused-ring (bicyclic) bond motifs is 5. The molecule has 1 heterocycles. The molecule has 0 radical (unpaired) electrons. The van der Waals surface area contributed by atoms with Crippen LogP contribution in [0, 0.1) is 40.7 Å². The van der Waals surface area contributed by atoms with Crippen molar-refractivity contribution >= 4 is 34.9 Å². The maximum absolute atomic E-state index is 13.1. The first-order valence-corrected chi connectivity index (χ1v) is 10.9. The van der Waals surface area contributed by atoms with E-state index in [1.54, 1.807) is 19.1 Å². The molecule has 1 saturated heterocycles. The van der Waals surface area contributed by atoms with Crippen LogP contribution in [-0.4, -0.2) is 35.1 Å². The average Bonchev–Trinajstić information content (AvgIpc) is 3.51. The zero-order valence-corrected chi connectivity index (χ0v) is 18.2. The van der Waals surface area contributed by atoms with Crippen molar-refractivity contribution in [3.63, 3.8) is 0 Å². The van der Waals surface area contributed by atoms with E-state index in [9.17, 15) is 29.3 Å². The maximum atomic E-state index is 13.1. The molecule has 0 N–H and O–H groups in total. The highest BCUT2D eigenvalue weighted by Crippen LogP contribution is 2.53. The van der Waals surface area contributed by atoms with Crippen molar-refractivity contribution in [2.24, 2.45) is 23.7 Å². The molecule has 2 aromatic rings. The Morgan fingerprint density at radius 3 is 2.35 bits per heavy atom. The molecule has 2 aromatic carbocycles. The third kappa shape index (κ3) is 3.32. The van der Waals surface area contributed by atoms with Crippen LogP contribution in [-0.2, 0) is 14.3 Å². The van der Waals surface area contributed by atoms with Crippen LogP contribution in [0.5, 0.6) is 0 Å². The van der Waals surface area contributed by atoms with E-state index in [-0.39, 0.29) is 46.2 Å². The van der Waals surface area contributed by atoms with Gasteiger partial charge in [0.1, 0.15) is 0 Å². The number of aryl methyl sites for hydroxylation is 1. The molecule has 2 aliphatic carbocycles. The Morgan fingerprint density at radius 2 is 1.71 bits per heavy atom. The Hall–Kier alpha value is -4.14. The summed E-state index contributed by atoms with van der Waals surface area (Å²) in [7, 11) is 0. The van der Waals surface area contributed by atoms with E-state index >= 15 is 0 Å². The summed E-state index contributed by atoms with van der Waals surface area (Å²) < 4.78 is 5.17. The second-order valence-corrected chi connectivity index (χ2v) is 8.79. The van der Waals surface area contributed by atoms with Crippen molar-refractivity contribution in [1.29, 1.82) is 0 Å². The molecule has 1 saturated carbocycles. The van der Waals surface area contributed by atoms with Crippen LogP contribution in [0.25, 0.3) is 0 Å². The zero-order chi connectivity index (χ0) is 24.1. The number of carbonyl (C=O) groups is 4. The van der Waals surface area contributed by atoms with Crippen LogP contribution in [0.3, 0.4) is 0 Å². The minimum Gasteiger partial charge on any atom is -0.454 e. The molecule has 2 amide bonds. The van der Waals surface area contributed by atoms with Crippen molar-refractivity contribution < 1.29 is 28.8 Å². The predicted octanol–water partition coefficient (Wildman–Crippen LogP) is 3.25. The summed E-state index contributed by atoms with van der Waals surface area (Å²) in [5.41, 5.74) is 0.365. The number of ether oxygens (including phenoxy) is 1. The van der Waals surface area contributed by atoms with Gasteiger partial charge in [-0.05, 0) is 37.3 Å². The number of amides is 2. The Balaban J connectivity index is 1.34. The number of hydrogen-bond acceptors (Lipinski definition) is 7. The van der Waals surface area contributed by atoms with Gasteiger partial charge >= 0.3 is 5.97 Å². The van der Waals surface area contributed by atoms with Crippen LogP contribution < -0.4 is 4.90 Å². The second kappa shape index (κ2) is 8.02. The molecule has 2 fully saturated rings. The molecule has 9 heteroatoms. The zero-order valence-electron chi connectivity index (χ0n) is 18.2. The summed E-state index contributed by atoms with van der Waals surface area (Å²) in [5, 5.41) is 11.1. The molecule has 9 nitrogen and oxygen atoms in total. The number of nitro benzene ring substituents is 1. The van der Waals surface area contributed by atoms with E-state index in [0.717, 1.165) is 17.4 Å². The summed E-state index contributed by atoms with van der Waals surface area (Å²) in [6, 6.07) is 10.1. The fourth-order valence-electron chi connectivity index (χ4n) is 5.25. The van der Waals surface area contributed by atoms with E-state index < -0.39 is 35.1 Å². The first-order valence-electron chi connectivity index (χ1n) is 10.9. The average molecular weight is 460 g/mol. The number of esters is 1. The fourth-order valence-corrected chi connectivity index (χ4v) is 5.25. The summed E-state index contributed by atoms with van der Waals surface area (Å²) in [4.78, 5) is 63.2. The lowest BCUT2D eigenvalue weighted by Gasteiger charge is -2.19. The highest BCUT2D eigenvalue weighted by molar-refractivity contribution is 6.24. The Kier molecular flexibility index (Phi) is 5.11. The molecule has 0 spiro atoms. The number of allylic oxidation sites excluding steroid dienone is 2. The largest absolute Gasteiger partial charge is 0.454 e. The number of rotatable bonds is 6. The van der Waals surface area contributed by atoms with E-state index in [1.807, 2.05) is 12.2 Å². The molecular formula is C25H20N2O7. The molecule has 5 rings (SSSR count). The summed E-state index contributed by atoms with van der Waals surface area (Å²) in [6.07, 6.45) is 4.77. The van der Waals surface area contributed by atoms with Crippen molar-refractivity contribution in [3.05, 3.63) is 81.4 Å². The number of hydrogen-bond donors (Lipinski definition) is 0. The molecule has 1 aliphatic heterocycles. The molecule has 0 aromatic heterocycles. The normalized spacial score (nSPS) is 24.4. The van der Waals surface area contributed by atoms with Gasteiger partial charge in [0.2, 0.25) is 17.6 Å². The van der Waals surface area contributed by atoms with Crippen LogP contribution in [0.15, 0.2) is 54.6 Å². The van der Waals surface area contributed by atoms with Gasteiger partial charge in [-0.15, -0.1) is 0 Å².